The van der Waals surface area contributed by atoms with Gasteiger partial charge in [-0.1, -0.05) is 0 Å². The van der Waals surface area contributed by atoms with Crippen molar-refractivity contribution in [3.63, 3.8) is 0 Å². The number of nitrogens with zero attached hydrogens (tertiary/aromatic N) is 1. The van der Waals surface area contributed by atoms with Crippen molar-refractivity contribution in [1.82, 2.24) is 10.2 Å². The molecule has 3 rings (SSSR count). The number of imide groups is 1. The topological polar surface area (TPSA) is 49.4 Å². The molecule has 1 spiro atoms. The van der Waals surface area contributed by atoms with Gasteiger partial charge in [0.05, 0.1) is 0 Å². The van der Waals surface area contributed by atoms with E-state index in [-0.39, 0.29) is 11.9 Å². The van der Waals surface area contributed by atoms with Crippen molar-refractivity contribution < 1.29 is 9.59 Å². The van der Waals surface area contributed by atoms with Gasteiger partial charge in [0.25, 0.3) is 5.91 Å². The van der Waals surface area contributed by atoms with E-state index < -0.39 is 5.54 Å². The molecule has 19 heavy (non-hydrogen) atoms. The highest BCUT2D eigenvalue weighted by atomic mass is 32.2. The summed E-state index contributed by atoms with van der Waals surface area (Å²) in [6, 6.07) is 1.76. The maximum atomic E-state index is 12.7. The van der Waals surface area contributed by atoms with Gasteiger partial charge in [-0.3, -0.25) is 9.69 Å². The van der Waals surface area contributed by atoms with Gasteiger partial charge < -0.3 is 5.32 Å². The van der Waals surface area contributed by atoms with E-state index in [4.69, 9.17) is 0 Å². The molecule has 0 saturated carbocycles. The predicted octanol–water partition coefficient (Wildman–Crippen LogP) is 2.19. The first-order valence-corrected chi connectivity index (χ1v) is 8.66. The van der Waals surface area contributed by atoms with Crippen LogP contribution in [0.3, 0.4) is 0 Å². The lowest BCUT2D eigenvalue weighted by molar-refractivity contribution is -0.132. The summed E-state index contributed by atoms with van der Waals surface area (Å²) in [5.41, 5.74) is 0.247. The van der Waals surface area contributed by atoms with Crippen molar-refractivity contribution in [3.8, 4) is 0 Å². The van der Waals surface area contributed by atoms with Crippen molar-refractivity contribution in [3.05, 3.63) is 21.9 Å². The lowest BCUT2D eigenvalue weighted by Gasteiger charge is -2.31. The van der Waals surface area contributed by atoms with Gasteiger partial charge in [-0.2, -0.15) is 11.8 Å². The van der Waals surface area contributed by atoms with Crippen LogP contribution in [0.5, 0.6) is 0 Å². The number of fused-ring (bicyclic) bond motifs is 2. The number of hydrogen-bond acceptors (Lipinski definition) is 4. The van der Waals surface area contributed by atoms with E-state index >= 15 is 0 Å². The molecule has 1 aliphatic heterocycles. The molecular formula is C13H16N2O2S2. The highest BCUT2D eigenvalue weighted by Gasteiger charge is 2.53. The predicted molar refractivity (Wildman–Crippen MR) is 77.6 cm³/mol. The van der Waals surface area contributed by atoms with Gasteiger partial charge in [0, 0.05) is 22.7 Å². The number of thiophene rings is 1. The van der Waals surface area contributed by atoms with Crippen molar-refractivity contribution in [2.75, 3.05) is 18.6 Å². The van der Waals surface area contributed by atoms with E-state index in [2.05, 4.69) is 5.32 Å². The highest BCUT2D eigenvalue weighted by Crippen LogP contribution is 2.41. The highest BCUT2D eigenvalue weighted by molar-refractivity contribution is 7.98. The number of rotatable bonds is 3. The van der Waals surface area contributed by atoms with Crippen LogP contribution < -0.4 is 5.32 Å². The SMILES string of the molecule is CSCCN1C(=O)NC2(CCCc3sccc32)C1=O. The van der Waals surface area contributed by atoms with E-state index in [9.17, 15) is 9.59 Å². The fourth-order valence-electron chi connectivity index (χ4n) is 2.93. The van der Waals surface area contributed by atoms with Crippen molar-refractivity contribution in [2.24, 2.45) is 0 Å². The van der Waals surface area contributed by atoms with Crippen LogP contribution in [0.25, 0.3) is 0 Å². The molecule has 2 heterocycles. The molecule has 1 atom stereocenters. The minimum Gasteiger partial charge on any atom is -0.319 e. The van der Waals surface area contributed by atoms with E-state index in [0.29, 0.717) is 6.54 Å². The van der Waals surface area contributed by atoms with E-state index in [1.165, 1.54) is 9.78 Å². The average Bonchev–Trinajstić information content (AvgIpc) is 2.95. The molecule has 1 N–H and O–H groups in total. The Balaban J connectivity index is 1.95. The molecule has 1 unspecified atom stereocenters. The number of amides is 3. The molecule has 0 bridgehead atoms. The summed E-state index contributed by atoms with van der Waals surface area (Å²) in [6.45, 7) is 0.493. The lowest BCUT2D eigenvalue weighted by Crippen LogP contribution is -2.46. The second-order valence-electron chi connectivity index (χ2n) is 4.90. The molecule has 102 valence electrons. The molecule has 1 saturated heterocycles. The largest absolute Gasteiger partial charge is 0.325 e. The fourth-order valence-corrected chi connectivity index (χ4v) is 4.29. The van der Waals surface area contributed by atoms with Gasteiger partial charge in [0.15, 0.2) is 0 Å². The monoisotopic (exact) mass is 296 g/mol. The first-order valence-electron chi connectivity index (χ1n) is 6.39. The van der Waals surface area contributed by atoms with E-state index in [1.54, 1.807) is 23.1 Å². The molecule has 3 amide bonds. The Labute approximate surface area is 120 Å². The molecule has 4 nitrogen and oxygen atoms in total. The minimum atomic E-state index is -0.775. The van der Waals surface area contributed by atoms with Crippen LogP contribution in [0.2, 0.25) is 0 Å². The van der Waals surface area contributed by atoms with Crippen LogP contribution in [0.4, 0.5) is 4.79 Å². The zero-order valence-corrected chi connectivity index (χ0v) is 12.4. The molecule has 0 radical (unpaired) electrons. The number of carbonyl (C=O) groups is 2. The summed E-state index contributed by atoms with van der Waals surface area (Å²) in [7, 11) is 0. The van der Waals surface area contributed by atoms with Gasteiger partial charge in [-0.25, -0.2) is 4.79 Å². The maximum absolute atomic E-state index is 12.7. The molecule has 1 fully saturated rings. The molecular weight excluding hydrogens is 280 g/mol. The number of thioether (sulfide) groups is 1. The zero-order chi connectivity index (χ0) is 13.5. The first kappa shape index (κ1) is 13.0. The quantitative estimate of drug-likeness (QED) is 0.870. The van der Waals surface area contributed by atoms with Crippen LogP contribution in [-0.2, 0) is 16.8 Å². The number of carbonyl (C=O) groups excluding carboxylic acids is 2. The number of nitrogens with one attached hydrogen (secondary N) is 1. The standard InChI is InChI=1S/C13H16N2O2S2/c1-18-8-6-15-11(16)13(14-12(15)17)5-2-3-10-9(13)4-7-19-10/h4,7H,2-3,5-6,8H2,1H3,(H,14,17). The zero-order valence-electron chi connectivity index (χ0n) is 10.8. The van der Waals surface area contributed by atoms with E-state index in [0.717, 1.165) is 30.6 Å². The van der Waals surface area contributed by atoms with Crippen molar-refractivity contribution in [2.45, 2.75) is 24.8 Å². The summed E-state index contributed by atoms with van der Waals surface area (Å²) < 4.78 is 0. The summed E-state index contributed by atoms with van der Waals surface area (Å²) in [5.74, 6) is 0.719. The fraction of sp³-hybridized carbons (Fsp3) is 0.538. The van der Waals surface area contributed by atoms with Crippen LogP contribution in [0.1, 0.15) is 23.3 Å². The van der Waals surface area contributed by atoms with Gasteiger partial charge in [0.2, 0.25) is 0 Å². The second-order valence-corrected chi connectivity index (χ2v) is 6.88. The third-order valence-electron chi connectivity index (χ3n) is 3.86. The summed E-state index contributed by atoms with van der Waals surface area (Å²) >= 11 is 3.33. The molecule has 2 aliphatic rings. The normalized spacial score (nSPS) is 25.8. The smallest absolute Gasteiger partial charge is 0.319 e. The van der Waals surface area contributed by atoms with Crippen LogP contribution in [-0.4, -0.2) is 35.4 Å². The Morgan fingerprint density at radius 3 is 3.16 bits per heavy atom. The first-order chi connectivity index (χ1) is 9.19. The Hall–Kier alpha value is -1.01. The average molecular weight is 296 g/mol. The Morgan fingerprint density at radius 2 is 2.37 bits per heavy atom. The Morgan fingerprint density at radius 1 is 1.53 bits per heavy atom. The second kappa shape index (κ2) is 4.83. The molecule has 1 aromatic heterocycles. The summed E-state index contributed by atoms with van der Waals surface area (Å²) in [5, 5.41) is 4.97. The number of aryl methyl sites for hydroxylation is 1. The van der Waals surface area contributed by atoms with Crippen LogP contribution in [0.15, 0.2) is 11.4 Å². The molecule has 1 aromatic rings. The Bertz CT molecular complexity index is 528. The molecule has 0 aromatic carbocycles. The minimum absolute atomic E-state index is 0.0640. The van der Waals surface area contributed by atoms with Gasteiger partial charge in [0.1, 0.15) is 5.54 Å². The third-order valence-corrected chi connectivity index (χ3v) is 5.43. The number of hydrogen-bond donors (Lipinski definition) is 1. The van der Waals surface area contributed by atoms with E-state index in [1.807, 2.05) is 17.7 Å². The molecule has 1 aliphatic carbocycles. The van der Waals surface area contributed by atoms with Gasteiger partial charge in [-0.05, 0) is 37.0 Å². The van der Waals surface area contributed by atoms with Gasteiger partial charge in [-0.15, -0.1) is 11.3 Å². The number of urea groups is 1. The Kier molecular flexibility index (Phi) is 3.30. The third kappa shape index (κ3) is 1.89. The van der Waals surface area contributed by atoms with Crippen LogP contribution in [0, 0.1) is 0 Å². The van der Waals surface area contributed by atoms with Crippen molar-refractivity contribution in [1.29, 1.82) is 0 Å². The van der Waals surface area contributed by atoms with Crippen molar-refractivity contribution >= 4 is 35.0 Å². The lowest BCUT2D eigenvalue weighted by atomic mass is 9.80. The maximum Gasteiger partial charge on any atom is 0.325 e. The van der Waals surface area contributed by atoms with Crippen LogP contribution >= 0.6 is 23.1 Å². The molecule has 6 heteroatoms. The summed E-state index contributed by atoms with van der Waals surface area (Å²) in [6.07, 6.45) is 4.67. The summed E-state index contributed by atoms with van der Waals surface area (Å²) in [4.78, 5) is 27.4. The van der Waals surface area contributed by atoms with Gasteiger partial charge >= 0.3 is 6.03 Å².